The Bertz CT molecular complexity index is 6190. The molecule has 8 saturated heterocycles. The third kappa shape index (κ3) is 23.4. The Morgan fingerprint density at radius 2 is 1.46 bits per heavy atom. The van der Waals surface area contributed by atoms with Gasteiger partial charge in [0.15, 0.2) is 63.7 Å². The van der Waals surface area contributed by atoms with Crippen molar-refractivity contribution in [3.8, 4) is 28.7 Å². The molecule has 11 fully saturated rings. The van der Waals surface area contributed by atoms with E-state index in [0.717, 1.165) is 56.9 Å². The van der Waals surface area contributed by atoms with Crippen LogP contribution in [0.2, 0.25) is 0 Å². The minimum atomic E-state index is -1.55. The number of rotatable bonds is 18. The fourth-order valence-corrected chi connectivity index (χ4v) is 28.7. The van der Waals surface area contributed by atoms with Crippen molar-refractivity contribution in [2.75, 3.05) is 92.9 Å². The standard InChI is InChI=1S/C32H32O13S.C21H30O.C20H30O.C14H12N2O3.C9H17N3O6.C6H12N3PS.C5H5N5S/c1-37-19-6-13(7-20(38-2)25(19)33)23-14-8-17-18(42-12-41-17)9-15(14)28(16-10-39-30(36)24(16)23)44-32-27(35)26(34)29-21(43-32)11-40-31(45-29)22-4-3-5-46-22;1-16(9-7-10-17(2)15-19(4)22)12-13-20-18(3)11-8-14-21(20,5)6;1-13-4-7-17-16-6-5-14-12-15(21)8-10-20(14,3)18(16)9-11-19(13,17)2;1-8-6-7-11(12(17)15-8)16-13(18)9-4-2-3-5-10(9)14(16)19;1-10-12(2)9(17)11-5-7(15)6(14)4(3-13)18-8(5)16;11-10(7-1-2-7,8-3-4-8)9-5-6-9;6-5-9-3-2(4(11)10-5)7-1-8-3/h3-9,16,21,23-24,26-29,31-35H,10-12H2,1-2H3;7,9-10,12-13,15H,8,11,14H2,1-6H3;12-13,16-18H,4-11H2,1-3H3;2-5,11H,1,6-7H2,(H,15,17);4-8,13-16H,1,3H2,2H3,(H,11,17);1-6H2;1H,(H4,6,7,8,9,10,11)/b;10-7+,13-12+,16-9+,17-15+;;;;;/t16-,21+,23+,24-,26+,27+,28+,29+,31?,32-;;13-,16-,17-,18-,19+,20-;;4-,5-,6-,7-,8+;;/m0.0.1../s1. The van der Waals surface area contributed by atoms with Gasteiger partial charge < -0.3 is 109 Å². The molecule has 0 bridgehead atoms. The number of hydrogen-bond donors (Lipinski definition) is 12. The molecule has 0 spiro atoms. The molecule has 5 amide bonds. The number of urea groups is 1. The summed E-state index contributed by atoms with van der Waals surface area (Å²) in [4.78, 5) is 99.4. The number of H-pyrrole nitrogens is 2. The lowest BCUT2D eigenvalue weighted by atomic mass is 9.47. The summed E-state index contributed by atoms with van der Waals surface area (Å²) >= 11 is 12.1. The lowest BCUT2D eigenvalue weighted by molar-refractivity contribution is -0.368. The Balaban J connectivity index is 0.000000131. The van der Waals surface area contributed by atoms with Gasteiger partial charge in [0.2, 0.25) is 24.4 Å². The number of aromatic amines is 2. The zero-order valence-corrected chi connectivity index (χ0v) is 88.9. The molecule has 3 aromatic carbocycles. The highest BCUT2D eigenvalue weighted by Gasteiger charge is 2.61. The van der Waals surface area contributed by atoms with Gasteiger partial charge in [0.25, 0.3) is 11.8 Å². The maximum absolute atomic E-state index is 13.5. The second-order valence-corrected chi connectivity index (χ2v) is 47.3. The topological polar surface area (TPSA) is 489 Å². The second kappa shape index (κ2) is 46.4. The number of aliphatic hydroxyl groups is 6. The van der Waals surface area contributed by atoms with Crippen LogP contribution in [0.3, 0.4) is 0 Å². The van der Waals surface area contributed by atoms with Gasteiger partial charge in [-0.15, -0.1) is 11.3 Å². The molecule has 148 heavy (non-hydrogen) atoms. The van der Waals surface area contributed by atoms with Crippen molar-refractivity contribution < 1.29 is 117 Å². The van der Waals surface area contributed by atoms with Gasteiger partial charge in [0.05, 0.1) is 68.4 Å². The molecule has 3 aromatic heterocycles. The van der Waals surface area contributed by atoms with E-state index in [2.05, 4.69) is 130 Å². The number of fused-ring (bicyclic) bond motifs is 11. The van der Waals surface area contributed by atoms with Crippen molar-refractivity contribution in [1.29, 1.82) is 0 Å². The van der Waals surface area contributed by atoms with Crippen molar-refractivity contribution >= 4 is 107 Å². The van der Waals surface area contributed by atoms with E-state index in [4.69, 9.17) is 82.2 Å². The van der Waals surface area contributed by atoms with Crippen LogP contribution in [0.25, 0.3) is 11.2 Å². The Hall–Kier alpha value is -10.4. The number of nitrogens with two attached hydrogens (primary N) is 1. The van der Waals surface area contributed by atoms with E-state index in [-0.39, 0.29) is 60.3 Å². The smallest absolute Gasteiger partial charge is 0.338 e. The Morgan fingerprint density at radius 1 is 0.784 bits per heavy atom. The summed E-state index contributed by atoms with van der Waals surface area (Å²) in [6, 6.07) is 14.6. The molecule has 22 atom stereocenters. The van der Waals surface area contributed by atoms with Crippen molar-refractivity contribution in [3.63, 3.8) is 0 Å². The SMILES string of the molecule is C=C1CCC(N2C(=O)c3ccccc3C2=O)C(=O)N1.C=NN(C)C(=O)N[C@@H]1[C@@H](O)[C@H](O)[C@@H](CO)O[C@@H]1O.CC(=O)/C=C(C)/C=C/C=C(C)/C=C/C1=C(C)CCCC1(C)C.COc1cc([C@@H]2c3cc4c(cc3[C@@H](O[C@@H]3O[C@@H]5COC(c6cccs6)O[C@H]5[C@H](O)[C@H]3O)[C@H]3COC(=O)[C@H]23)OCO4)cc(OC)c1O.C[C@H]1CC[C@H]2[C@@H]3CCC4=CC(=O)CC[C@]4(C)[C@H]3CC[C@]12C.Nc1nc(=S)c2[nH]cnc2[nH]1.S=P(N1CC1)(N1CC1)N1CC1. The van der Waals surface area contributed by atoms with Crippen LogP contribution in [-0.2, 0) is 59.4 Å². The summed E-state index contributed by atoms with van der Waals surface area (Å²) in [6.45, 7) is 32.8. The number of esters is 1. The number of cyclic esters (lactones) is 1. The number of nitrogens with one attached hydrogen (secondary N) is 4. The van der Waals surface area contributed by atoms with Crippen LogP contribution in [0.5, 0.6) is 28.7 Å². The lowest BCUT2D eigenvalue weighted by Crippen LogP contribution is -2.64. The molecular formula is C107H138N13O24PS3. The Morgan fingerprint density at radius 3 is 2.08 bits per heavy atom. The monoisotopic (exact) mass is 2120 g/mol. The number of benzene rings is 3. The van der Waals surface area contributed by atoms with Crippen molar-refractivity contribution in [2.24, 2.45) is 56.9 Å². The predicted molar refractivity (Wildman–Crippen MR) is 558 cm³/mol. The van der Waals surface area contributed by atoms with Crippen LogP contribution in [0.15, 0.2) is 160 Å². The number of carbonyl (C=O) groups is 7. The van der Waals surface area contributed by atoms with Crippen LogP contribution in [0.4, 0.5) is 10.7 Å². The summed E-state index contributed by atoms with van der Waals surface area (Å²) < 4.78 is 65.3. The summed E-state index contributed by atoms with van der Waals surface area (Å²) in [6.07, 6.45) is 18.0. The number of phenolic OH excluding ortho intramolecular Hbond substituents is 1. The highest BCUT2D eigenvalue weighted by Crippen LogP contribution is 2.68. The molecular weight excluding hydrogens is 1980 g/mol. The molecule has 3 saturated carbocycles. The quantitative estimate of drug-likeness (QED) is 0.00438. The molecule has 22 rings (SSSR count). The average molecular weight is 2120 g/mol. The lowest BCUT2D eigenvalue weighted by Gasteiger charge is -2.58. The largest absolute Gasteiger partial charge is 0.502 e. The number of piperidine rings is 1. The number of nitrogens with zero attached hydrogens (tertiary/aromatic N) is 8. The zero-order valence-electron chi connectivity index (χ0n) is 85.6. The van der Waals surface area contributed by atoms with Crippen molar-refractivity contribution in [2.45, 2.75) is 231 Å². The number of hydrazone groups is 1. The van der Waals surface area contributed by atoms with E-state index < -0.39 is 134 Å². The van der Waals surface area contributed by atoms with Gasteiger partial charge >= 0.3 is 12.0 Å². The van der Waals surface area contributed by atoms with Gasteiger partial charge in [0.1, 0.15) is 66.8 Å². The first-order valence-electron chi connectivity index (χ1n) is 50.6. The van der Waals surface area contributed by atoms with Crippen LogP contribution in [0.1, 0.15) is 206 Å². The first-order chi connectivity index (χ1) is 70.6. The molecule has 41 heteroatoms. The number of aliphatic hydroxyl groups excluding tert-OH is 6. The number of aromatic nitrogens is 4. The molecule has 16 aliphatic rings. The van der Waals surface area contributed by atoms with Gasteiger partial charge in [-0.25, -0.2) is 33.8 Å². The van der Waals surface area contributed by atoms with Crippen LogP contribution in [0, 0.1) is 56.4 Å². The molecule has 6 aliphatic carbocycles. The molecule has 13 heterocycles. The number of anilines is 1. The van der Waals surface area contributed by atoms with Crippen molar-refractivity contribution in [3.05, 3.63) is 192 Å². The number of thiophene rings is 1. The fraction of sp³-hybridized carbons (Fsp3) is 0.542. The molecule has 0 radical (unpaired) electrons. The van der Waals surface area contributed by atoms with Crippen LogP contribution < -0.4 is 35.3 Å². The maximum Gasteiger partial charge on any atom is 0.338 e. The van der Waals surface area contributed by atoms with Gasteiger partial charge in [-0.2, -0.15) is 5.10 Å². The first kappa shape index (κ1) is 110. The fourth-order valence-electron chi connectivity index (χ4n) is 23.4. The normalized spacial score (nSPS) is 31.6. The molecule has 10 aliphatic heterocycles. The molecule has 2 unspecified atom stereocenters. The summed E-state index contributed by atoms with van der Waals surface area (Å²) in [7, 11) is 4.18. The number of imide groups is 1. The third-order valence-corrected chi connectivity index (χ3v) is 38.5. The number of hydrogen-bond acceptors (Lipinski definition) is 31. The van der Waals surface area contributed by atoms with E-state index in [1.165, 1.54) is 158 Å². The number of amides is 5. The Kier molecular flexibility index (Phi) is 34.6. The number of phenols is 1. The van der Waals surface area contributed by atoms with Gasteiger partial charge in [-0.3, -0.25) is 33.7 Å². The van der Waals surface area contributed by atoms with E-state index in [1.54, 1.807) is 55.5 Å². The van der Waals surface area contributed by atoms with Gasteiger partial charge in [-0.05, 0) is 244 Å². The summed E-state index contributed by atoms with van der Waals surface area (Å²) in [5, 5.41) is 81.8. The number of aromatic hydroxyl groups is 1. The minimum Gasteiger partial charge on any atom is -0.502 e. The highest BCUT2D eigenvalue weighted by molar-refractivity contribution is 8.11. The van der Waals surface area contributed by atoms with Gasteiger partial charge in [0, 0.05) is 77.0 Å². The van der Waals surface area contributed by atoms with E-state index in [0.29, 0.717) is 90.3 Å². The van der Waals surface area contributed by atoms with Crippen molar-refractivity contribution in [1.82, 2.24) is 54.5 Å². The average Bonchev–Trinajstić information content (AvgIpc) is 1.49. The first-order valence-corrected chi connectivity index (χ1v) is 54.6. The van der Waals surface area contributed by atoms with E-state index in [9.17, 15) is 64.2 Å². The summed E-state index contributed by atoms with van der Waals surface area (Å²) in [5.74, 6) is 2.21. The zero-order chi connectivity index (χ0) is 106. The molecule has 6 aromatic rings. The molecule has 13 N–H and O–H groups in total. The summed E-state index contributed by atoms with van der Waals surface area (Å²) in [5.41, 5.74) is 18.1. The number of methoxy groups -OCH3 is 2. The van der Waals surface area contributed by atoms with Gasteiger partial charge in [-0.1, -0.05) is 119 Å². The highest BCUT2D eigenvalue weighted by atomic mass is 32.4. The van der Waals surface area contributed by atoms with Crippen LogP contribution in [-0.4, -0.2) is 282 Å². The number of ether oxygens (including phenoxy) is 10. The maximum atomic E-state index is 13.5. The number of nitrogen functional groups attached to an aromatic ring is 1. The third-order valence-electron chi connectivity index (χ3n) is 31.9. The van der Waals surface area contributed by atoms with E-state index in [1.807, 2.05) is 48.7 Å². The molecule has 798 valence electrons. The number of imidazole rings is 1. The minimum absolute atomic E-state index is 0.0242. The molecule has 37 nitrogen and oxygen atoms in total. The number of carbonyl (C=O) groups excluding carboxylic acids is 7. The van der Waals surface area contributed by atoms with E-state index >= 15 is 0 Å². The second-order valence-electron chi connectivity index (χ2n) is 41.8. The number of ketones is 2. The Labute approximate surface area is 875 Å². The number of allylic oxidation sites excluding steroid dienone is 12. The predicted octanol–water partition coefficient (Wildman–Crippen LogP) is 12.9. The van der Waals surface area contributed by atoms with Crippen LogP contribution >= 0.6 is 30.0 Å².